The van der Waals surface area contributed by atoms with Gasteiger partial charge in [-0.3, -0.25) is 4.79 Å². The number of nitrogens with zero attached hydrogens (tertiary/aromatic N) is 1. The Bertz CT molecular complexity index is 703. The first kappa shape index (κ1) is 20.1. The molecule has 1 aliphatic heterocycles. The van der Waals surface area contributed by atoms with E-state index in [1.165, 1.54) is 16.4 Å². The molecule has 3 rings (SSSR count). The lowest BCUT2D eigenvalue weighted by Gasteiger charge is -2.26. The van der Waals surface area contributed by atoms with Crippen molar-refractivity contribution in [2.75, 3.05) is 32.8 Å². The van der Waals surface area contributed by atoms with Crippen molar-refractivity contribution in [1.29, 1.82) is 0 Å². The molecule has 1 aromatic carbocycles. The molecule has 0 radical (unpaired) electrons. The number of nitrogens with two attached hydrogens (primary N) is 1. The van der Waals surface area contributed by atoms with E-state index in [2.05, 4.69) is 5.32 Å². The lowest BCUT2D eigenvalue weighted by molar-refractivity contribution is 0.0730. The average molecular weight is 390 g/mol. The van der Waals surface area contributed by atoms with Gasteiger partial charge in [-0.15, -0.1) is 12.4 Å². The Balaban J connectivity index is 0.00000225. The minimum atomic E-state index is -3.61. The molecule has 9 heteroatoms. The van der Waals surface area contributed by atoms with Gasteiger partial charge in [-0.1, -0.05) is 6.07 Å². The van der Waals surface area contributed by atoms with E-state index >= 15 is 0 Å². The topological polar surface area (TPSA) is 102 Å². The van der Waals surface area contributed by atoms with E-state index in [-0.39, 0.29) is 29.3 Å². The normalized spacial score (nSPS) is 19.7. The van der Waals surface area contributed by atoms with Crippen LogP contribution >= 0.6 is 12.4 Å². The largest absolute Gasteiger partial charge is 0.379 e. The highest BCUT2D eigenvalue weighted by molar-refractivity contribution is 7.89. The molecular weight excluding hydrogens is 366 g/mol. The molecule has 25 heavy (non-hydrogen) atoms. The number of hydrogen-bond acceptors (Lipinski definition) is 5. The van der Waals surface area contributed by atoms with Crippen molar-refractivity contribution < 1.29 is 17.9 Å². The predicted molar refractivity (Wildman–Crippen MR) is 96.3 cm³/mol. The number of sulfonamides is 1. The monoisotopic (exact) mass is 389 g/mol. The molecule has 1 unspecified atom stereocenters. The summed E-state index contributed by atoms with van der Waals surface area (Å²) in [6.45, 7) is 1.82. The number of morpholine rings is 1. The van der Waals surface area contributed by atoms with Gasteiger partial charge < -0.3 is 15.8 Å². The van der Waals surface area contributed by atoms with Crippen LogP contribution in [0.5, 0.6) is 0 Å². The van der Waals surface area contributed by atoms with Gasteiger partial charge in [-0.2, -0.15) is 4.31 Å². The summed E-state index contributed by atoms with van der Waals surface area (Å²) in [6, 6.07) is 6.12. The van der Waals surface area contributed by atoms with E-state index < -0.39 is 10.0 Å². The number of carbonyl (C=O) groups is 1. The zero-order chi connectivity index (χ0) is 17.2. The molecule has 2 fully saturated rings. The first-order valence-corrected chi connectivity index (χ1v) is 9.65. The summed E-state index contributed by atoms with van der Waals surface area (Å²) in [5.74, 6) is 0.163. The Morgan fingerprint density at radius 1 is 1.32 bits per heavy atom. The molecular formula is C16H24ClN3O4S. The third-order valence-electron chi connectivity index (χ3n) is 4.47. The fourth-order valence-electron chi connectivity index (χ4n) is 2.85. The van der Waals surface area contributed by atoms with Crippen LogP contribution < -0.4 is 11.1 Å². The molecule has 3 N–H and O–H groups in total. The van der Waals surface area contributed by atoms with E-state index in [1.54, 1.807) is 12.1 Å². The van der Waals surface area contributed by atoms with E-state index in [4.69, 9.17) is 10.5 Å². The first-order valence-electron chi connectivity index (χ1n) is 8.21. The molecule has 0 aromatic heterocycles. The molecule has 0 bridgehead atoms. The van der Waals surface area contributed by atoms with Crippen LogP contribution in [-0.4, -0.2) is 57.5 Å². The molecule has 1 saturated carbocycles. The van der Waals surface area contributed by atoms with Gasteiger partial charge >= 0.3 is 0 Å². The number of ether oxygens (including phenoxy) is 1. The van der Waals surface area contributed by atoms with Crippen molar-refractivity contribution in [3.63, 3.8) is 0 Å². The lowest BCUT2D eigenvalue weighted by Crippen LogP contribution is -2.42. The minimum Gasteiger partial charge on any atom is -0.379 e. The van der Waals surface area contributed by atoms with Crippen molar-refractivity contribution in [2.45, 2.75) is 23.8 Å². The molecule has 1 heterocycles. The second-order valence-electron chi connectivity index (χ2n) is 6.20. The SMILES string of the molecule is Cl.NCC(NC(=O)c1cccc(S(=O)(=O)N2CCOCC2)c1)C1CC1. The smallest absolute Gasteiger partial charge is 0.251 e. The van der Waals surface area contributed by atoms with Crippen LogP contribution in [0.4, 0.5) is 0 Å². The van der Waals surface area contributed by atoms with Crippen LogP contribution in [0, 0.1) is 5.92 Å². The summed E-state index contributed by atoms with van der Waals surface area (Å²) >= 11 is 0. The van der Waals surface area contributed by atoms with Gasteiger partial charge in [0.25, 0.3) is 5.91 Å². The van der Waals surface area contributed by atoms with Crippen molar-refractivity contribution in [2.24, 2.45) is 11.7 Å². The summed E-state index contributed by atoms with van der Waals surface area (Å²) in [5, 5.41) is 2.91. The van der Waals surface area contributed by atoms with Crippen LogP contribution in [0.2, 0.25) is 0 Å². The number of nitrogens with one attached hydrogen (secondary N) is 1. The number of carbonyl (C=O) groups excluding carboxylic acids is 1. The first-order chi connectivity index (χ1) is 11.5. The van der Waals surface area contributed by atoms with Crippen LogP contribution in [0.1, 0.15) is 23.2 Å². The fraction of sp³-hybridized carbons (Fsp3) is 0.562. The summed E-state index contributed by atoms with van der Waals surface area (Å²) in [6.07, 6.45) is 2.15. The molecule has 140 valence electrons. The van der Waals surface area contributed by atoms with Crippen molar-refractivity contribution in [1.82, 2.24) is 9.62 Å². The van der Waals surface area contributed by atoms with E-state index in [0.717, 1.165) is 12.8 Å². The van der Waals surface area contributed by atoms with Gasteiger partial charge in [0.15, 0.2) is 0 Å². The molecule has 0 spiro atoms. The fourth-order valence-corrected chi connectivity index (χ4v) is 4.31. The van der Waals surface area contributed by atoms with Gasteiger partial charge in [0.1, 0.15) is 0 Å². The Labute approximate surface area is 154 Å². The number of amides is 1. The lowest BCUT2D eigenvalue weighted by atomic mass is 10.1. The van der Waals surface area contributed by atoms with Crippen molar-refractivity contribution in [3.8, 4) is 0 Å². The number of hydrogen-bond donors (Lipinski definition) is 2. The molecule has 7 nitrogen and oxygen atoms in total. The van der Waals surface area contributed by atoms with Crippen LogP contribution in [0.25, 0.3) is 0 Å². The highest BCUT2D eigenvalue weighted by Gasteiger charge is 2.32. The number of rotatable bonds is 6. The molecule has 1 saturated heterocycles. The van der Waals surface area contributed by atoms with Crippen LogP contribution in [0.3, 0.4) is 0 Å². The van der Waals surface area contributed by atoms with Crippen LogP contribution in [0.15, 0.2) is 29.2 Å². The van der Waals surface area contributed by atoms with Gasteiger partial charge in [0, 0.05) is 31.2 Å². The third kappa shape index (κ3) is 4.71. The van der Waals surface area contributed by atoms with Gasteiger partial charge in [0.05, 0.1) is 18.1 Å². The highest BCUT2D eigenvalue weighted by atomic mass is 35.5. The molecule has 2 aliphatic rings. The van der Waals surface area contributed by atoms with Gasteiger partial charge in [-0.25, -0.2) is 8.42 Å². The molecule has 1 atom stereocenters. The Morgan fingerprint density at radius 2 is 2.00 bits per heavy atom. The zero-order valence-corrected chi connectivity index (χ0v) is 15.5. The van der Waals surface area contributed by atoms with Crippen molar-refractivity contribution in [3.05, 3.63) is 29.8 Å². The number of halogens is 1. The number of benzene rings is 1. The predicted octanol–water partition coefficient (Wildman–Crippen LogP) is 0.596. The van der Waals surface area contributed by atoms with Gasteiger partial charge in [0.2, 0.25) is 10.0 Å². The van der Waals surface area contributed by atoms with Crippen LogP contribution in [-0.2, 0) is 14.8 Å². The average Bonchev–Trinajstić information content (AvgIpc) is 3.45. The maximum Gasteiger partial charge on any atom is 0.251 e. The second-order valence-corrected chi connectivity index (χ2v) is 8.14. The quantitative estimate of drug-likeness (QED) is 0.741. The summed E-state index contributed by atoms with van der Waals surface area (Å²) in [4.78, 5) is 12.5. The van der Waals surface area contributed by atoms with Gasteiger partial charge in [-0.05, 0) is 37.0 Å². The Hall–Kier alpha value is -1.19. The third-order valence-corrected chi connectivity index (χ3v) is 6.36. The molecule has 1 amide bonds. The zero-order valence-electron chi connectivity index (χ0n) is 13.9. The maximum atomic E-state index is 12.7. The molecule has 1 aliphatic carbocycles. The standard InChI is InChI=1S/C16H23N3O4S.ClH/c17-11-15(12-4-5-12)18-16(20)13-2-1-3-14(10-13)24(21,22)19-6-8-23-9-7-19;/h1-3,10,12,15H,4-9,11,17H2,(H,18,20);1H. The molecule has 1 aromatic rings. The van der Waals surface area contributed by atoms with E-state index in [0.29, 0.717) is 44.3 Å². The second kappa shape index (κ2) is 8.46. The minimum absolute atomic E-state index is 0. The summed E-state index contributed by atoms with van der Waals surface area (Å²) < 4.78 is 31.9. The van der Waals surface area contributed by atoms with Crippen molar-refractivity contribution >= 4 is 28.3 Å². The van der Waals surface area contributed by atoms with E-state index in [9.17, 15) is 13.2 Å². The Kier molecular flexibility index (Phi) is 6.81. The highest BCUT2D eigenvalue weighted by Crippen LogP contribution is 2.32. The summed E-state index contributed by atoms with van der Waals surface area (Å²) in [7, 11) is -3.61. The maximum absolute atomic E-state index is 12.7. The van der Waals surface area contributed by atoms with E-state index in [1.807, 2.05) is 0 Å². The summed E-state index contributed by atoms with van der Waals surface area (Å²) in [5.41, 5.74) is 6.04. The Morgan fingerprint density at radius 3 is 2.60 bits per heavy atom.